The Morgan fingerprint density at radius 1 is 1.50 bits per heavy atom. The van der Waals surface area contributed by atoms with Crippen molar-refractivity contribution in [1.82, 2.24) is 4.98 Å². The number of aromatic nitrogens is 1. The average molecular weight is 220 g/mol. The van der Waals surface area contributed by atoms with Crippen LogP contribution in [-0.2, 0) is 0 Å². The number of aromatic carboxylic acids is 1. The topological polar surface area (TPSA) is 53.4 Å². The number of carboxylic acids is 1. The Bertz CT molecular complexity index is 413. The van der Waals surface area contributed by atoms with Gasteiger partial charge < -0.3 is 10.0 Å². The summed E-state index contributed by atoms with van der Waals surface area (Å²) >= 11 is 0. The summed E-state index contributed by atoms with van der Waals surface area (Å²) in [5.41, 5.74) is 0.863. The van der Waals surface area contributed by atoms with Crippen LogP contribution in [0.5, 0.6) is 0 Å². The fourth-order valence-corrected chi connectivity index (χ4v) is 1.93. The molecule has 0 amide bonds. The molecule has 0 aliphatic heterocycles. The first-order chi connectivity index (χ1) is 7.59. The average Bonchev–Trinajstić information content (AvgIpc) is 2.14. The highest BCUT2D eigenvalue weighted by atomic mass is 16.4. The summed E-state index contributed by atoms with van der Waals surface area (Å²) in [6, 6.07) is 3.99. The maximum absolute atomic E-state index is 10.9. The number of hydrogen-bond acceptors (Lipinski definition) is 3. The van der Waals surface area contributed by atoms with E-state index in [0.29, 0.717) is 11.7 Å². The van der Waals surface area contributed by atoms with E-state index < -0.39 is 5.97 Å². The van der Waals surface area contributed by atoms with Crippen LogP contribution >= 0.6 is 0 Å². The Kier molecular flexibility index (Phi) is 2.81. The molecule has 0 saturated heterocycles. The number of hydrogen-bond donors (Lipinski definition) is 1. The zero-order chi connectivity index (χ0) is 11.7. The lowest BCUT2D eigenvalue weighted by molar-refractivity contribution is 0.0695. The van der Waals surface area contributed by atoms with Crippen LogP contribution in [0.2, 0.25) is 0 Å². The number of aryl methyl sites for hydroxylation is 1. The van der Waals surface area contributed by atoms with Crippen LogP contribution in [-0.4, -0.2) is 29.1 Å². The number of carboxylic acid groups (broad SMARTS) is 1. The summed E-state index contributed by atoms with van der Waals surface area (Å²) in [5, 5.41) is 8.91. The summed E-state index contributed by atoms with van der Waals surface area (Å²) in [7, 11) is 2.02. The largest absolute Gasteiger partial charge is 0.478 e. The molecule has 0 atom stereocenters. The van der Waals surface area contributed by atoms with Gasteiger partial charge in [-0.1, -0.05) is 0 Å². The Hall–Kier alpha value is -1.58. The van der Waals surface area contributed by atoms with Crippen LogP contribution in [0.1, 0.15) is 35.3 Å². The molecule has 1 N–H and O–H groups in total. The molecule has 1 aromatic heterocycles. The van der Waals surface area contributed by atoms with Gasteiger partial charge >= 0.3 is 5.97 Å². The maximum Gasteiger partial charge on any atom is 0.337 e. The van der Waals surface area contributed by atoms with Gasteiger partial charge in [0.2, 0.25) is 0 Å². The quantitative estimate of drug-likeness (QED) is 0.847. The molecule has 86 valence electrons. The van der Waals surface area contributed by atoms with Crippen molar-refractivity contribution in [2.24, 2.45) is 0 Å². The Morgan fingerprint density at radius 2 is 2.19 bits per heavy atom. The van der Waals surface area contributed by atoms with Crippen LogP contribution in [0.4, 0.5) is 5.82 Å². The first-order valence-corrected chi connectivity index (χ1v) is 5.53. The summed E-state index contributed by atoms with van der Waals surface area (Å²) in [6.07, 6.45) is 3.69. The van der Waals surface area contributed by atoms with Crippen molar-refractivity contribution in [3.8, 4) is 0 Å². The minimum Gasteiger partial charge on any atom is -0.478 e. The highest BCUT2D eigenvalue weighted by Gasteiger charge is 2.23. The molecule has 16 heavy (non-hydrogen) atoms. The van der Waals surface area contributed by atoms with E-state index in [2.05, 4.69) is 9.88 Å². The van der Waals surface area contributed by atoms with E-state index in [1.54, 1.807) is 19.1 Å². The fraction of sp³-hybridized carbons (Fsp3) is 0.500. The molecule has 1 saturated carbocycles. The van der Waals surface area contributed by atoms with Crippen LogP contribution < -0.4 is 4.90 Å². The maximum atomic E-state index is 10.9. The van der Waals surface area contributed by atoms with Gasteiger partial charge in [-0.05, 0) is 38.3 Å². The Morgan fingerprint density at radius 3 is 2.62 bits per heavy atom. The van der Waals surface area contributed by atoms with E-state index in [9.17, 15) is 4.79 Å². The first kappa shape index (κ1) is 10.9. The molecule has 1 aliphatic rings. The highest BCUT2D eigenvalue weighted by molar-refractivity contribution is 5.89. The van der Waals surface area contributed by atoms with Gasteiger partial charge in [-0.25, -0.2) is 9.78 Å². The zero-order valence-corrected chi connectivity index (χ0v) is 9.60. The van der Waals surface area contributed by atoms with Crippen molar-refractivity contribution in [2.75, 3.05) is 11.9 Å². The number of pyridine rings is 1. The van der Waals surface area contributed by atoms with E-state index in [-0.39, 0.29) is 5.56 Å². The van der Waals surface area contributed by atoms with Crippen LogP contribution in [0.25, 0.3) is 0 Å². The monoisotopic (exact) mass is 220 g/mol. The lowest BCUT2D eigenvalue weighted by atomic mass is 9.92. The predicted molar refractivity (Wildman–Crippen MR) is 62.0 cm³/mol. The number of carbonyl (C=O) groups is 1. The summed E-state index contributed by atoms with van der Waals surface area (Å²) in [4.78, 5) is 17.3. The second-order valence-corrected chi connectivity index (χ2v) is 4.30. The fourth-order valence-electron chi connectivity index (χ4n) is 1.93. The minimum absolute atomic E-state index is 0.283. The molecular weight excluding hydrogens is 204 g/mol. The summed E-state index contributed by atoms with van der Waals surface area (Å²) < 4.78 is 0. The zero-order valence-electron chi connectivity index (χ0n) is 9.60. The lowest BCUT2D eigenvalue weighted by Gasteiger charge is -2.35. The highest BCUT2D eigenvalue weighted by Crippen LogP contribution is 2.27. The van der Waals surface area contributed by atoms with Crippen LogP contribution in [0.15, 0.2) is 12.1 Å². The molecule has 0 radical (unpaired) electrons. The molecule has 1 fully saturated rings. The molecule has 0 unspecified atom stereocenters. The van der Waals surface area contributed by atoms with Gasteiger partial charge in [0, 0.05) is 13.1 Å². The second-order valence-electron chi connectivity index (χ2n) is 4.30. The van der Waals surface area contributed by atoms with Crippen molar-refractivity contribution in [2.45, 2.75) is 32.2 Å². The second kappa shape index (κ2) is 4.12. The van der Waals surface area contributed by atoms with Crippen molar-refractivity contribution in [1.29, 1.82) is 0 Å². The van der Waals surface area contributed by atoms with Gasteiger partial charge in [-0.15, -0.1) is 0 Å². The van der Waals surface area contributed by atoms with Crippen LogP contribution in [0, 0.1) is 6.92 Å². The number of rotatable bonds is 3. The lowest BCUT2D eigenvalue weighted by Crippen LogP contribution is -2.37. The SMILES string of the molecule is Cc1nc(N(C)C2CCC2)ccc1C(=O)O. The van der Waals surface area contributed by atoms with E-state index in [0.717, 1.165) is 5.82 Å². The molecule has 0 spiro atoms. The first-order valence-electron chi connectivity index (χ1n) is 5.53. The van der Waals surface area contributed by atoms with Crippen LogP contribution in [0.3, 0.4) is 0 Å². The normalized spacial score (nSPS) is 15.6. The van der Waals surface area contributed by atoms with Crippen molar-refractivity contribution < 1.29 is 9.90 Å². The van der Waals surface area contributed by atoms with Gasteiger partial charge in [-0.2, -0.15) is 0 Å². The third-order valence-electron chi connectivity index (χ3n) is 3.29. The van der Waals surface area contributed by atoms with E-state index in [4.69, 9.17) is 5.11 Å². The minimum atomic E-state index is -0.914. The molecule has 0 aromatic carbocycles. The van der Waals surface area contributed by atoms with Crippen molar-refractivity contribution in [3.63, 3.8) is 0 Å². The Balaban J connectivity index is 2.22. The van der Waals surface area contributed by atoms with E-state index in [1.165, 1.54) is 19.3 Å². The molecule has 1 aromatic rings. The molecule has 2 rings (SSSR count). The molecule has 4 nitrogen and oxygen atoms in total. The summed E-state index contributed by atoms with van der Waals surface area (Å²) in [6.45, 7) is 1.74. The molecular formula is C12H16N2O2. The number of anilines is 1. The van der Waals surface area contributed by atoms with Crippen molar-refractivity contribution >= 4 is 11.8 Å². The summed E-state index contributed by atoms with van der Waals surface area (Å²) in [5.74, 6) is -0.0463. The van der Waals surface area contributed by atoms with Gasteiger partial charge in [0.05, 0.1) is 11.3 Å². The van der Waals surface area contributed by atoms with Gasteiger partial charge in [0.15, 0.2) is 0 Å². The van der Waals surface area contributed by atoms with Gasteiger partial charge in [0.25, 0.3) is 0 Å². The smallest absolute Gasteiger partial charge is 0.337 e. The molecule has 1 aliphatic carbocycles. The van der Waals surface area contributed by atoms with Gasteiger partial charge in [0.1, 0.15) is 5.82 Å². The predicted octanol–water partition coefficient (Wildman–Crippen LogP) is 2.08. The number of nitrogens with zero attached hydrogens (tertiary/aromatic N) is 2. The molecule has 1 heterocycles. The Labute approximate surface area is 94.9 Å². The van der Waals surface area contributed by atoms with E-state index >= 15 is 0 Å². The van der Waals surface area contributed by atoms with Gasteiger partial charge in [-0.3, -0.25) is 0 Å². The third kappa shape index (κ3) is 1.87. The molecule has 0 bridgehead atoms. The standard InChI is InChI=1S/C12H16N2O2/c1-8-10(12(15)16)6-7-11(13-8)14(2)9-4-3-5-9/h6-7,9H,3-5H2,1-2H3,(H,15,16). The molecule has 4 heteroatoms. The van der Waals surface area contributed by atoms with Crippen molar-refractivity contribution in [3.05, 3.63) is 23.4 Å². The van der Waals surface area contributed by atoms with E-state index in [1.807, 2.05) is 7.05 Å². The third-order valence-corrected chi connectivity index (χ3v) is 3.29.